The van der Waals surface area contributed by atoms with Crippen LogP contribution in [-0.4, -0.2) is 33.1 Å². The van der Waals surface area contributed by atoms with Crippen LogP contribution < -0.4 is 5.32 Å². The first kappa shape index (κ1) is 20.3. The highest BCUT2D eigenvalue weighted by atomic mass is 79.9. The number of hydrogen-bond donors (Lipinski definition) is 1. The van der Waals surface area contributed by atoms with E-state index in [2.05, 4.69) is 26.1 Å². The quantitative estimate of drug-likeness (QED) is 0.541. The lowest BCUT2D eigenvalue weighted by atomic mass is 9.48. The van der Waals surface area contributed by atoms with Crippen LogP contribution in [0.4, 0.5) is 0 Å². The summed E-state index contributed by atoms with van der Waals surface area (Å²) in [6.45, 7) is 0.677. The first-order valence-electron chi connectivity index (χ1n) is 12.3. The van der Waals surface area contributed by atoms with E-state index >= 15 is 0 Å². The number of benzene rings is 1. The number of carbonyl (C=O) groups is 2. The fourth-order valence-corrected chi connectivity index (χ4v) is 8.74. The molecule has 0 saturated heterocycles. The van der Waals surface area contributed by atoms with Gasteiger partial charge < -0.3 is 10.2 Å². The topological polar surface area (TPSA) is 49.4 Å². The second-order valence-corrected chi connectivity index (χ2v) is 13.2. The number of nitrogens with zero attached hydrogens (tertiary/aromatic N) is 1. The fraction of sp³-hybridized carbons (Fsp3) is 0.692. The molecule has 0 aromatic heterocycles. The van der Waals surface area contributed by atoms with Gasteiger partial charge in [0, 0.05) is 34.9 Å². The lowest BCUT2D eigenvalue weighted by Crippen LogP contribution is -2.54. The molecule has 7 rings (SSSR count). The number of halogens is 1. The standard InChI is InChI=1S/C26H33BrN2O2/c27-26-12-18-9-19(13-26)11-25(10-18,16-26)14-23(30)29(22-7-8-22)15-17-1-3-20(4-2-17)24(31)28-21-5-6-21/h1-4,18-19,21-22H,5-16H2,(H,28,31)/t18-,19-,25?,26?/m1/s1. The normalized spacial score (nSPS) is 35.8. The zero-order chi connectivity index (χ0) is 21.2. The van der Waals surface area contributed by atoms with Crippen molar-refractivity contribution in [2.75, 3.05) is 0 Å². The van der Waals surface area contributed by atoms with Crippen LogP contribution in [0.15, 0.2) is 24.3 Å². The zero-order valence-electron chi connectivity index (χ0n) is 18.2. The summed E-state index contributed by atoms with van der Waals surface area (Å²) < 4.78 is 0.304. The highest BCUT2D eigenvalue weighted by molar-refractivity contribution is 9.10. The third-order valence-corrected chi connectivity index (χ3v) is 9.35. The molecule has 0 unspecified atom stereocenters. The van der Waals surface area contributed by atoms with Gasteiger partial charge in [0.25, 0.3) is 5.91 Å². The van der Waals surface area contributed by atoms with Crippen molar-refractivity contribution in [2.24, 2.45) is 17.3 Å². The van der Waals surface area contributed by atoms with Gasteiger partial charge in [-0.15, -0.1) is 0 Å². The van der Waals surface area contributed by atoms with E-state index in [1.807, 2.05) is 24.3 Å². The molecule has 6 fully saturated rings. The van der Waals surface area contributed by atoms with Gasteiger partial charge in [-0.1, -0.05) is 28.1 Å². The van der Waals surface area contributed by atoms with Gasteiger partial charge in [-0.25, -0.2) is 0 Å². The number of hydrogen-bond acceptors (Lipinski definition) is 2. The third kappa shape index (κ3) is 4.19. The molecule has 0 aliphatic heterocycles. The Balaban J connectivity index is 1.13. The summed E-state index contributed by atoms with van der Waals surface area (Å²) in [5.41, 5.74) is 2.07. The summed E-state index contributed by atoms with van der Waals surface area (Å²) in [6.07, 6.45) is 12.9. The Kier molecular flexibility index (Phi) is 4.79. The molecule has 166 valence electrons. The molecule has 2 amide bonds. The minimum atomic E-state index is 0.0229. The molecule has 6 aliphatic carbocycles. The van der Waals surface area contributed by atoms with Gasteiger partial charge >= 0.3 is 0 Å². The molecule has 6 saturated carbocycles. The first-order valence-corrected chi connectivity index (χ1v) is 13.1. The lowest BCUT2D eigenvalue weighted by molar-refractivity contribution is -0.139. The number of carbonyl (C=O) groups excluding carboxylic acids is 2. The molecular formula is C26H33BrN2O2. The number of nitrogens with one attached hydrogen (secondary N) is 1. The van der Waals surface area contributed by atoms with Gasteiger partial charge in [0.15, 0.2) is 0 Å². The number of alkyl halides is 1. The van der Waals surface area contributed by atoms with E-state index < -0.39 is 0 Å². The van der Waals surface area contributed by atoms with Gasteiger partial charge in [0.05, 0.1) is 0 Å². The van der Waals surface area contributed by atoms with Crippen LogP contribution in [-0.2, 0) is 11.3 Å². The molecule has 4 bridgehead atoms. The SMILES string of the molecule is O=C(NC1CC1)c1ccc(CN(C(=O)CC23C[C@H]4C[C@@H](CC(Br)(C4)C2)C3)C2CC2)cc1. The highest BCUT2D eigenvalue weighted by Gasteiger charge is 2.57. The molecule has 5 heteroatoms. The van der Waals surface area contributed by atoms with Crippen LogP contribution in [0.25, 0.3) is 0 Å². The molecule has 1 N–H and O–H groups in total. The Labute approximate surface area is 193 Å². The van der Waals surface area contributed by atoms with Crippen LogP contribution >= 0.6 is 15.9 Å². The number of rotatable bonds is 7. The first-order chi connectivity index (χ1) is 14.9. The smallest absolute Gasteiger partial charge is 0.251 e. The van der Waals surface area contributed by atoms with Crippen LogP contribution in [0.2, 0.25) is 0 Å². The van der Waals surface area contributed by atoms with E-state index in [1.165, 1.54) is 38.5 Å². The maximum atomic E-state index is 13.6. The zero-order valence-corrected chi connectivity index (χ0v) is 19.8. The maximum absolute atomic E-state index is 13.6. The van der Waals surface area contributed by atoms with Crippen molar-refractivity contribution in [3.8, 4) is 0 Å². The molecular weight excluding hydrogens is 452 g/mol. The Morgan fingerprint density at radius 3 is 2.26 bits per heavy atom. The summed E-state index contributed by atoms with van der Waals surface area (Å²) in [7, 11) is 0. The second-order valence-electron chi connectivity index (χ2n) is 11.5. The minimum absolute atomic E-state index is 0.0229. The third-order valence-electron chi connectivity index (χ3n) is 8.43. The van der Waals surface area contributed by atoms with E-state index in [9.17, 15) is 9.59 Å². The largest absolute Gasteiger partial charge is 0.349 e. The predicted molar refractivity (Wildman–Crippen MR) is 124 cm³/mol. The van der Waals surface area contributed by atoms with E-state index in [4.69, 9.17) is 0 Å². The molecule has 0 heterocycles. The van der Waals surface area contributed by atoms with Gasteiger partial charge in [-0.2, -0.15) is 0 Å². The molecule has 4 nitrogen and oxygen atoms in total. The van der Waals surface area contributed by atoms with Crippen LogP contribution in [0.1, 0.15) is 86.6 Å². The van der Waals surface area contributed by atoms with Crippen molar-refractivity contribution in [2.45, 2.75) is 93.6 Å². The minimum Gasteiger partial charge on any atom is -0.349 e. The predicted octanol–water partition coefficient (Wildman–Crippen LogP) is 5.19. The molecule has 1 aromatic carbocycles. The van der Waals surface area contributed by atoms with E-state index in [1.54, 1.807) is 0 Å². The highest BCUT2D eigenvalue weighted by Crippen LogP contribution is 2.65. The Morgan fingerprint density at radius 1 is 1.00 bits per heavy atom. The van der Waals surface area contributed by atoms with Crippen molar-refractivity contribution in [1.29, 1.82) is 0 Å². The van der Waals surface area contributed by atoms with Crippen molar-refractivity contribution >= 4 is 27.7 Å². The van der Waals surface area contributed by atoms with Crippen molar-refractivity contribution in [1.82, 2.24) is 10.2 Å². The molecule has 31 heavy (non-hydrogen) atoms. The fourth-order valence-electron chi connectivity index (χ4n) is 7.23. The van der Waals surface area contributed by atoms with Crippen molar-refractivity contribution < 1.29 is 9.59 Å². The summed E-state index contributed by atoms with van der Waals surface area (Å²) >= 11 is 4.09. The van der Waals surface area contributed by atoms with Gasteiger partial charge in [-0.3, -0.25) is 9.59 Å². The van der Waals surface area contributed by atoms with Crippen LogP contribution in [0.3, 0.4) is 0 Å². The summed E-state index contributed by atoms with van der Waals surface area (Å²) in [4.78, 5) is 28.0. The van der Waals surface area contributed by atoms with Crippen molar-refractivity contribution in [3.63, 3.8) is 0 Å². The maximum Gasteiger partial charge on any atom is 0.251 e. The molecule has 2 atom stereocenters. The second kappa shape index (κ2) is 7.33. The monoisotopic (exact) mass is 484 g/mol. The van der Waals surface area contributed by atoms with Crippen LogP contribution in [0.5, 0.6) is 0 Å². The lowest BCUT2D eigenvalue weighted by Gasteiger charge is -2.60. The Morgan fingerprint density at radius 2 is 1.68 bits per heavy atom. The van der Waals surface area contributed by atoms with E-state index in [0.29, 0.717) is 28.9 Å². The molecule has 0 radical (unpaired) electrons. The Bertz CT molecular complexity index is 875. The molecule has 1 aromatic rings. The summed E-state index contributed by atoms with van der Waals surface area (Å²) in [6, 6.07) is 8.67. The average Bonchev–Trinajstić information content (AvgIpc) is 3.59. The Hall–Kier alpha value is -1.36. The van der Waals surface area contributed by atoms with Crippen LogP contribution in [0, 0.1) is 17.3 Å². The van der Waals surface area contributed by atoms with E-state index in [0.717, 1.165) is 55.1 Å². The van der Waals surface area contributed by atoms with Gasteiger partial charge in [0.2, 0.25) is 5.91 Å². The average molecular weight is 485 g/mol. The van der Waals surface area contributed by atoms with Gasteiger partial charge in [-0.05, 0) is 99.2 Å². The molecule has 0 spiro atoms. The summed E-state index contributed by atoms with van der Waals surface area (Å²) in [5, 5.41) is 3.04. The number of amides is 2. The van der Waals surface area contributed by atoms with E-state index in [-0.39, 0.29) is 11.3 Å². The molecule has 6 aliphatic rings. The van der Waals surface area contributed by atoms with Gasteiger partial charge in [0.1, 0.15) is 0 Å². The van der Waals surface area contributed by atoms with Crippen molar-refractivity contribution in [3.05, 3.63) is 35.4 Å². The summed E-state index contributed by atoms with van der Waals surface area (Å²) in [5.74, 6) is 2.01.